The summed E-state index contributed by atoms with van der Waals surface area (Å²) < 4.78 is 43.7. The Kier molecular flexibility index (Phi) is 3.84. The van der Waals surface area contributed by atoms with E-state index in [1.54, 1.807) is 6.92 Å². The van der Waals surface area contributed by atoms with Crippen LogP contribution in [0.5, 0.6) is 0 Å². The van der Waals surface area contributed by atoms with Crippen LogP contribution < -0.4 is 0 Å². The van der Waals surface area contributed by atoms with Crippen LogP contribution in [-0.4, -0.2) is 16.3 Å². The van der Waals surface area contributed by atoms with Crippen LogP contribution in [0.1, 0.15) is 55.6 Å². The zero-order valence-corrected chi connectivity index (χ0v) is 10.6. The Morgan fingerprint density at radius 1 is 1.33 bits per heavy atom. The maximum atomic E-state index is 12.9. The molecule has 2 rings (SSSR count). The van der Waals surface area contributed by atoms with E-state index < -0.39 is 23.4 Å². The van der Waals surface area contributed by atoms with Gasteiger partial charge in [-0.1, -0.05) is 18.0 Å². The molecule has 1 heterocycles. The zero-order valence-electron chi connectivity index (χ0n) is 9.88. The molecule has 18 heavy (non-hydrogen) atoms. The van der Waals surface area contributed by atoms with Crippen molar-refractivity contribution in [1.82, 2.24) is 10.1 Å². The third-order valence-corrected chi connectivity index (χ3v) is 3.51. The topological polar surface area (TPSA) is 38.9 Å². The summed E-state index contributed by atoms with van der Waals surface area (Å²) in [6, 6.07) is 0. The highest BCUT2D eigenvalue weighted by Crippen LogP contribution is 2.46. The summed E-state index contributed by atoms with van der Waals surface area (Å²) in [5, 5.41) is 3.16. The van der Waals surface area contributed by atoms with Crippen LogP contribution in [0.2, 0.25) is 0 Å². The lowest BCUT2D eigenvalue weighted by Gasteiger charge is -2.30. The van der Waals surface area contributed by atoms with Gasteiger partial charge in [0.05, 0.1) is 11.3 Å². The lowest BCUT2D eigenvalue weighted by atomic mass is 9.78. The fourth-order valence-corrected chi connectivity index (χ4v) is 2.47. The molecule has 1 saturated carbocycles. The molecule has 1 aliphatic rings. The van der Waals surface area contributed by atoms with Crippen molar-refractivity contribution < 1.29 is 17.7 Å². The lowest BCUT2D eigenvalue weighted by molar-refractivity contribution is -0.189. The highest BCUT2D eigenvalue weighted by molar-refractivity contribution is 6.20. The first-order valence-electron chi connectivity index (χ1n) is 5.94. The average Bonchev–Trinajstić information content (AvgIpc) is 2.77. The molecule has 7 heteroatoms. The van der Waals surface area contributed by atoms with Crippen LogP contribution in [0.15, 0.2) is 4.52 Å². The van der Waals surface area contributed by atoms with Crippen molar-refractivity contribution in [2.24, 2.45) is 5.92 Å². The molecular weight excluding hydrogens is 269 g/mol. The zero-order chi connectivity index (χ0) is 13.3. The van der Waals surface area contributed by atoms with Gasteiger partial charge < -0.3 is 4.52 Å². The molecule has 0 N–H and O–H groups in total. The number of halogens is 4. The van der Waals surface area contributed by atoms with Crippen molar-refractivity contribution in [3.63, 3.8) is 0 Å². The molecular formula is C11H14ClF3N2O. The normalized spacial score (nSPS) is 27.2. The van der Waals surface area contributed by atoms with Gasteiger partial charge in [-0.05, 0) is 19.8 Å². The Balaban J connectivity index is 2.22. The van der Waals surface area contributed by atoms with Gasteiger partial charge in [-0.25, -0.2) is 0 Å². The standard InChI is InChI=1S/C11H14ClF3N2O/c1-6(12)9-16-10(18-17-9)7-4-2-3-5-8(7)11(13,14)15/h6-8H,2-5H2,1H3. The number of aromatic nitrogens is 2. The van der Waals surface area contributed by atoms with Gasteiger partial charge in [0, 0.05) is 5.92 Å². The molecule has 0 bridgehead atoms. The largest absolute Gasteiger partial charge is 0.392 e. The summed E-state index contributed by atoms with van der Waals surface area (Å²) in [6.07, 6.45) is -2.31. The molecule has 0 aliphatic heterocycles. The van der Waals surface area contributed by atoms with Crippen molar-refractivity contribution in [2.45, 2.75) is 50.1 Å². The van der Waals surface area contributed by atoms with Crippen LogP contribution in [0.4, 0.5) is 13.2 Å². The molecule has 0 spiro atoms. The number of nitrogens with zero attached hydrogens (tertiary/aromatic N) is 2. The summed E-state index contributed by atoms with van der Waals surface area (Å²) in [6.45, 7) is 1.65. The summed E-state index contributed by atoms with van der Waals surface area (Å²) in [5.41, 5.74) is 0. The van der Waals surface area contributed by atoms with E-state index in [1.165, 1.54) is 0 Å². The van der Waals surface area contributed by atoms with Crippen molar-refractivity contribution in [3.8, 4) is 0 Å². The van der Waals surface area contributed by atoms with Crippen LogP contribution in [-0.2, 0) is 0 Å². The second-order valence-electron chi connectivity index (χ2n) is 4.65. The molecule has 102 valence electrons. The number of rotatable bonds is 2. The molecule has 3 nitrogen and oxygen atoms in total. The minimum atomic E-state index is -4.22. The van der Waals surface area contributed by atoms with E-state index >= 15 is 0 Å². The Labute approximate surface area is 108 Å². The molecule has 1 fully saturated rings. The van der Waals surface area contributed by atoms with Gasteiger partial charge in [-0.2, -0.15) is 18.2 Å². The highest BCUT2D eigenvalue weighted by atomic mass is 35.5. The molecule has 3 atom stereocenters. The van der Waals surface area contributed by atoms with Gasteiger partial charge >= 0.3 is 6.18 Å². The van der Waals surface area contributed by atoms with Crippen LogP contribution in [0.25, 0.3) is 0 Å². The van der Waals surface area contributed by atoms with Crippen molar-refractivity contribution in [3.05, 3.63) is 11.7 Å². The molecule has 0 aromatic carbocycles. The fraction of sp³-hybridized carbons (Fsp3) is 0.818. The molecule has 3 unspecified atom stereocenters. The summed E-state index contributed by atoms with van der Waals surface area (Å²) in [7, 11) is 0. The predicted molar refractivity (Wildman–Crippen MR) is 59.3 cm³/mol. The minimum absolute atomic E-state index is 0.0690. The van der Waals surface area contributed by atoms with E-state index in [0.717, 1.165) is 6.42 Å². The number of alkyl halides is 4. The van der Waals surface area contributed by atoms with Crippen LogP contribution in [0, 0.1) is 5.92 Å². The quantitative estimate of drug-likeness (QED) is 0.763. The predicted octanol–water partition coefficient (Wildman–Crippen LogP) is 4.21. The average molecular weight is 283 g/mol. The maximum absolute atomic E-state index is 12.9. The first-order valence-corrected chi connectivity index (χ1v) is 6.37. The Morgan fingerprint density at radius 3 is 2.56 bits per heavy atom. The Morgan fingerprint density at radius 2 is 2.00 bits per heavy atom. The van der Waals surface area contributed by atoms with Crippen LogP contribution in [0.3, 0.4) is 0 Å². The molecule has 1 aromatic rings. The third kappa shape index (κ3) is 2.79. The first kappa shape index (κ1) is 13.6. The van der Waals surface area contributed by atoms with Crippen molar-refractivity contribution in [2.75, 3.05) is 0 Å². The van der Waals surface area contributed by atoms with E-state index in [2.05, 4.69) is 10.1 Å². The van der Waals surface area contributed by atoms with Gasteiger partial charge in [-0.15, -0.1) is 11.6 Å². The fourth-order valence-electron chi connectivity index (χ4n) is 2.38. The summed E-state index contributed by atoms with van der Waals surface area (Å²) in [5.74, 6) is -1.79. The lowest BCUT2D eigenvalue weighted by Crippen LogP contribution is -2.31. The first-order chi connectivity index (χ1) is 8.39. The van der Waals surface area contributed by atoms with Gasteiger partial charge in [0.15, 0.2) is 5.82 Å². The van der Waals surface area contributed by atoms with Gasteiger partial charge in [0.1, 0.15) is 0 Å². The summed E-state index contributed by atoms with van der Waals surface area (Å²) >= 11 is 5.77. The number of hydrogen-bond donors (Lipinski definition) is 0. The van der Waals surface area contributed by atoms with E-state index in [9.17, 15) is 13.2 Å². The van der Waals surface area contributed by atoms with E-state index in [-0.39, 0.29) is 18.1 Å². The summed E-state index contributed by atoms with van der Waals surface area (Å²) in [4.78, 5) is 3.99. The van der Waals surface area contributed by atoms with E-state index in [0.29, 0.717) is 12.8 Å². The van der Waals surface area contributed by atoms with E-state index in [4.69, 9.17) is 16.1 Å². The van der Waals surface area contributed by atoms with Crippen LogP contribution >= 0.6 is 11.6 Å². The second-order valence-corrected chi connectivity index (χ2v) is 5.30. The van der Waals surface area contributed by atoms with Gasteiger partial charge in [0.2, 0.25) is 5.89 Å². The van der Waals surface area contributed by atoms with Gasteiger partial charge in [0.25, 0.3) is 0 Å². The third-order valence-electron chi connectivity index (χ3n) is 3.32. The monoisotopic (exact) mass is 282 g/mol. The Bertz CT molecular complexity index is 405. The number of hydrogen-bond acceptors (Lipinski definition) is 3. The maximum Gasteiger partial charge on any atom is 0.392 e. The molecule has 0 amide bonds. The second kappa shape index (κ2) is 5.07. The van der Waals surface area contributed by atoms with E-state index in [1.807, 2.05) is 0 Å². The highest BCUT2D eigenvalue weighted by Gasteiger charge is 2.47. The molecule has 0 saturated heterocycles. The molecule has 1 aliphatic carbocycles. The smallest absolute Gasteiger partial charge is 0.339 e. The Hall–Kier alpha value is -0.780. The minimum Gasteiger partial charge on any atom is -0.339 e. The van der Waals surface area contributed by atoms with Gasteiger partial charge in [-0.3, -0.25) is 0 Å². The SMILES string of the molecule is CC(Cl)c1noc(C2CCCCC2C(F)(F)F)n1. The van der Waals surface area contributed by atoms with Crippen molar-refractivity contribution >= 4 is 11.6 Å². The van der Waals surface area contributed by atoms with Crippen molar-refractivity contribution in [1.29, 1.82) is 0 Å². The molecule has 1 aromatic heterocycles. The molecule has 0 radical (unpaired) electrons.